The molecule has 1 amide bonds. The molecule has 478 valence electrons. The molecule has 3 N–H and O–H groups in total. The number of allylic oxidation sites excluding steroid dienone is 2. The first-order valence-electron chi connectivity index (χ1n) is 31.4. The van der Waals surface area contributed by atoms with Gasteiger partial charge in [0.25, 0.3) is 5.91 Å². The van der Waals surface area contributed by atoms with Crippen molar-refractivity contribution in [1.82, 2.24) is 5.32 Å². The number of aliphatic hydroxyl groups excluding tert-OH is 1. The van der Waals surface area contributed by atoms with Crippen molar-refractivity contribution in [2.75, 3.05) is 19.8 Å². The summed E-state index contributed by atoms with van der Waals surface area (Å²) in [5, 5.41) is 29.3. The van der Waals surface area contributed by atoms with Gasteiger partial charge in [0.2, 0.25) is 6.10 Å². The third-order valence-corrected chi connectivity index (χ3v) is 18.6. The molecule has 19 nitrogen and oxygen atoms in total. The number of Topliss-reactive ketones (excluding diaryl/α,β-unsaturated/α-hetero) is 1. The summed E-state index contributed by atoms with van der Waals surface area (Å²) < 4.78 is 54.7. The Morgan fingerprint density at radius 1 is 0.750 bits per heavy atom. The first kappa shape index (κ1) is 67.2. The number of amides is 1. The highest BCUT2D eigenvalue weighted by atomic mass is 16.8. The predicted molar refractivity (Wildman–Crippen MR) is 322 cm³/mol. The molecule has 88 heavy (non-hydrogen) atoms. The molecule has 0 unspecified atom stereocenters. The lowest BCUT2D eigenvalue weighted by Crippen LogP contribution is -2.82. The van der Waals surface area contributed by atoms with Crippen LogP contribution in [0.4, 0.5) is 4.79 Å². The number of fused-ring (bicyclic) bond motifs is 5. The third kappa shape index (κ3) is 15.1. The van der Waals surface area contributed by atoms with Gasteiger partial charge in [-0.3, -0.25) is 19.2 Å². The highest BCUT2D eigenvalue weighted by Gasteiger charge is 2.78. The molecule has 2 aliphatic heterocycles. The molecule has 0 radical (unpaired) electrons. The van der Waals surface area contributed by atoms with E-state index in [4.69, 9.17) is 42.6 Å². The zero-order valence-corrected chi connectivity index (χ0v) is 51.9. The van der Waals surface area contributed by atoms with Crippen LogP contribution in [0, 0.1) is 16.7 Å². The molecular formula is C69H89NO18. The van der Waals surface area contributed by atoms with Gasteiger partial charge in [-0.05, 0) is 93.3 Å². The summed E-state index contributed by atoms with van der Waals surface area (Å²) in [5.41, 5.74) is -7.59. The van der Waals surface area contributed by atoms with E-state index < -0.39 is 131 Å². The molecule has 3 aromatic rings. The van der Waals surface area contributed by atoms with Gasteiger partial charge in [-0.2, -0.15) is 0 Å². The van der Waals surface area contributed by atoms with Gasteiger partial charge in [0.15, 0.2) is 23.8 Å². The summed E-state index contributed by atoms with van der Waals surface area (Å²) in [7, 11) is 0. The first-order valence-corrected chi connectivity index (χ1v) is 31.4. The van der Waals surface area contributed by atoms with E-state index in [1.165, 1.54) is 64.5 Å². The maximum absolute atomic E-state index is 15.9. The van der Waals surface area contributed by atoms with Crippen molar-refractivity contribution in [2.24, 2.45) is 16.7 Å². The topological polar surface area (TPSA) is 255 Å². The molecule has 13 atom stereocenters. The van der Waals surface area contributed by atoms with Gasteiger partial charge in [0.05, 0.1) is 36.2 Å². The van der Waals surface area contributed by atoms with Gasteiger partial charge >= 0.3 is 30.0 Å². The average Bonchev–Trinajstić information content (AvgIpc) is 0.817. The van der Waals surface area contributed by atoms with Gasteiger partial charge in [-0.1, -0.05) is 151 Å². The lowest BCUT2D eigenvalue weighted by atomic mass is 9.44. The number of ether oxygens (including phenoxy) is 9. The smallest absolute Gasteiger partial charge is 0.455 e. The minimum Gasteiger partial charge on any atom is -0.455 e. The molecule has 2 bridgehead atoms. The molecule has 2 saturated carbocycles. The Balaban J connectivity index is 1.06. The molecule has 0 aromatic heterocycles. The van der Waals surface area contributed by atoms with Crippen molar-refractivity contribution >= 4 is 41.7 Å². The van der Waals surface area contributed by atoms with E-state index in [9.17, 15) is 34.2 Å². The van der Waals surface area contributed by atoms with Crippen LogP contribution in [0.1, 0.15) is 184 Å². The number of aliphatic hydroxyl groups is 2. The van der Waals surface area contributed by atoms with Gasteiger partial charge < -0.3 is 58.2 Å². The van der Waals surface area contributed by atoms with E-state index in [1.807, 2.05) is 0 Å². The van der Waals surface area contributed by atoms with Crippen LogP contribution in [0.15, 0.2) is 114 Å². The number of unbranched alkanes of at least 4 members (excludes halogenated alkanes) is 11. The lowest BCUT2D eigenvalue weighted by molar-refractivity contribution is -0.346. The van der Waals surface area contributed by atoms with E-state index in [0.29, 0.717) is 12.0 Å². The fourth-order valence-corrected chi connectivity index (χ4v) is 13.7. The summed E-state index contributed by atoms with van der Waals surface area (Å²) in [6.07, 6.45) is 6.99. The standard InChI is InChI=1S/C69H89NO18/c1-8-9-10-11-12-13-14-15-16-17-18-19-20-21-31-38-54-80-41-50(84-54)42-81-65(78)86-58(56(47-32-25-22-26-33-47)70-62(75)48-34-27-23-28-35-48)64(77)85-51-40-69(79)61(87-63(76)49-36-29-24-30-37-49)59-67(7,52(73)39-53-68(59,43-82-53)88-46(4)72)60(74)57(83-45(3)71)55(44(51)2)66(69,5)6/h15-16,22-30,32-37,50-54,56-59,61,73,79H,8-14,17-21,31,38-43H2,1-7H3,(H,70,75)/b16-15-/t50-,51+,52+,53-,54+,56+,57-,58-,59+,61+,67-,68+,69-/m1/s1. The monoisotopic (exact) mass is 1220 g/mol. The highest BCUT2D eigenvalue weighted by molar-refractivity contribution is 5.96. The summed E-state index contributed by atoms with van der Waals surface area (Å²) in [4.78, 5) is 101. The molecule has 2 saturated heterocycles. The van der Waals surface area contributed by atoms with Crippen LogP contribution < -0.4 is 5.32 Å². The van der Waals surface area contributed by atoms with Gasteiger partial charge in [0.1, 0.15) is 42.7 Å². The van der Waals surface area contributed by atoms with E-state index in [2.05, 4.69) is 24.4 Å². The molecule has 2 heterocycles. The summed E-state index contributed by atoms with van der Waals surface area (Å²) >= 11 is 0. The second kappa shape index (κ2) is 30.2. The second-order valence-corrected chi connectivity index (χ2v) is 24.9. The lowest BCUT2D eigenvalue weighted by Gasteiger charge is -2.67. The largest absolute Gasteiger partial charge is 0.509 e. The molecular weight excluding hydrogens is 1130 g/mol. The highest BCUT2D eigenvalue weighted by Crippen LogP contribution is 2.64. The number of carbonyl (C=O) groups excluding carboxylic acids is 7. The summed E-state index contributed by atoms with van der Waals surface area (Å²) in [5.74, 6) is -7.13. The number of nitrogens with one attached hydrogen (secondary N) is 1. The van der Waals surface area contributed by atoms with Crippen LogP contribution in [0.3, 0.4) is 0 Å². The summed E-state index contributed by atoms with van der Waals surface area (Å²) in [6.45, 7) is 9.94. The molecule has 3 aromatic carbocycles. The number of hydrogen-bond acceptors (Lipinski definition) is 18. The van der Waals surface area contributed by atoms with E-state index in [-0.39, 0.29) is 48.5 Å². The first-order chi connectivity index (χ1) is 42.2. The number of benzene rings is 3. The van der Waals surface area contributed by atoms with E-state index in [1.54, 1.807) is 92.7 Å². The molecule has 19 heteroatoms. The number of rotatable bonds is 28. The Morgan fingerprint density at radius 2 is 1.35 bits per heavy atom. The maximum Gasteiger partial charge on any atom is 0.509 e. The van der Waals surface area contributed by atoms with Crippen molar-refractivity contribution in [3.05, 3.63) is 131 Å². The molecule has 5 aliphatic rings. The van der Waals surface area contributed by atoms with Crippen LogP contribution in [0.25, 0.3) is 0 Å². The van der Waals surface area contributed by atoms with Gasteiger partial charge in [0, 0.05) is 37.7 Å². The van der Waals surface area contributed by atoms with Crippen molar-refractivity contribution in [2.45, 2.75) is 217 Å². The zero-order chi connectivity index (χ0) is 63.2. The Hall–Kier alpha value is -6.77. The van der Waals surface area contributed by atoms with Crippen LogP contribution in [0.5, 0.6) is 0 Å². The Kier molecular flexibility index (Phi) is 23.0. The average molecular weight is 1220 g/mol. The van der Waals surface area contributed by atoms with Gasteiger partial charge in [-0.15, -0.1) is 0 Å². The molecule has 0 spiro atoms. The molecule has 4 fully saturated rings. The Morgan fingerprint density at radius 3 is 1.95 bits per heavy atom. The predicted octanol–water partition coefficient (Wildman–Crippen LogP) is 10.7. The molecule has 8 rings (SSSR count). The number of esters is 4. The fourth-order valence-electron chi connectivity index (χ4n) is 13.7. The van der Waals surface area contributed by atoms with E-state index in [0.717, 1.165) is 58.8 Å². The van der Waals surface area contributed by atoms with Crippen molar-refractivity contribution in [1.29, 1.82) is 0 Å². The number of hydrogen-bond donors (Lipinski definition) is 3. The molecule has 3 aliphatic carbocycles. The van der Waals surface area contributed by atoms with Crippen molar-refractivity contribution in [3.8, 4) is 0 Å². The van der Waals surface area contributed by atoms with Gasteiger partial charge in [-0.25, -0.2) is 14.4 Å². The van der Waals surface area contributed by atoms with Crippen molar-refractivity contribution < 1.29 is 86.4 Å². The third-order valence-electron chi connectivity index (χ3n) is 18.6. The zero-order valence-electron chi connectivity index (χ0n) is 51.9. The fraction of sp³-hybridized carbons (Fsp3) is 0.580. The normalized spacial score (nSPS) is 28.5. The van der Waals surface area contributed by atoms with Crippen LogP contribution in [-0.4, -0.2) is 132 Å². The Bertz CT molecular complexity index is 2950. The van der Waals surface area contributed by atoms with Crippen LogP contribution in [0.2, 0.25) is 0 Å². The number of carbonyl (C=O) groups is 7. The Labute approximate surface area is 516 Å². The second-order valence-electron chi connectivity index (χ2n) is 24.9. The van der Waals surface area contributed by atoms with Crippen LogP contribution in [-0.2, 0) is 61.8 Å². The number of ketones is 1. The minimum atomic E-state index is -2.49. The van der Waals surface area contributed by atoms with Crippen LogP contribution >= 0.6 is 0 Å². The minimum absolute atomic E-state index is 0.0405. The summed E-state index contributed by atoms with van der Waals surface area (Å²) in [6, 6.07) is 22.7. The van der Waals surface area contributed by atoms with E-state index >= 15 is 9.59 Å². The van der Waals surface area contributed by atoms with Crippen molar-refractivity contribution in [3.63, 3.8) is 0 Å². The SMILES string of the molecule is CCCCCCCC/C=C\CCCCCCC[C@H]1OC[C@H](COC(=O)O[C@@H](C(=O)O[C@H]2C[C@@]3(O)[C@@H](OC(=O)c4ccccc4)[C@@H]4[C@]5(OC(C)=O)CO[C@@H]5C[C@H](O)[C@@]4(C)C(=O)[C@H](OC(C)=O)C(=C2C)C3(C)C)[C@@H](NC(=O)c2ccccc2)c2ccccc2)O1. The maximum atomic E-state index is 15.9. The quantitative estimate of drug-likeness (QED) is 0.0264.